The zero-order chi connectivity index (χ0) is 21.0. The first-order valence-corrected chi connectivity index (χ1v) is 8.64. The molecular formula is C21H16F3N3O2. The Morgan fingerprint density at radius 3 is 2.17 bits per heavy atom. The van der Waals surface area contributed by atoms with Crippen LogP contribution in [-0.4, -0.2) is 16.8 Å². The Hall–Kier alpha value is -3.68. The fraction of sp³-hybridized carbons (Fsp3) is 0.0952. The molecule has 1 atom stereocenters. The highest BCUT2D eigenvalue weighted by atomic mass is 19.2. The second-order valence-electron chi connectivity index (χ2n) is 6.19. The fourth-order valence-electron chi connectivity index (χ4n) is 2.59. The van der Waals surface area contributed by atoms with Crippen molar-refractivity contribution >= 4 is 17.5 Å². The van der Waals surface area contributed by atoms with Gasteiger partial charge in [-0.3, -0.25) is 9.59 Å². The highest BCUT2D eigenvalue weighted by Gasteiger charge is 2.18. The molecule has 0 aliphatic heterocycles. The summed E-state index contributed by atoms with van der Waals surface area (Å²) in [6.45, 7) is 1.80. The first kappa shape index (κ1) is 20.1. The van der Waals surface area contributed by atoms with Crippen molar-refractivity contribution in [1.29, 1.82) is 0 Å². The standard InChI is InChI=1S/C21H16F3N3O2/c1-12(13-6-3-2-4-7-13)25-20(28)16-8-5-9-17(26-16)21(29)27-15-11-10-14(22)18(23)19(15)24/h2-12H,1H3,(H,25,28)(H,27,29). The molecule has 1 unspecified atom stereocenters. The van der Waals surface area contributed by atoms with Crippen LogP contribution in [0.1, 0.15) is 39.5 Å². The van der Waals surface area contributed by atoms with Crippen molar-refractivity contribution in [1.82, 2.24) is 10.3 Å². The van der Waals surface area contributed by atoms with E-state index in [2.05, 4.69) is 15.6 Å². The summed E-state index contributed by atoms with van der Waals surface area (Å²) >= 11 is 0. The Balaban J connectivity index is 1.74. The Bertz CT molecular complexity index is 1060. The molecule has 0 aliphatic rings. The number of anilines is 1. The second-order valence-corrected chi connectivity index (χ2v) is 6.19. The van der Waals surface area contributed by atoms with Crippen LogP contribution in [0, 0.1) is 17.5 Å². The van der Waals surface area contributed by atoms with Gasteiger partial charge in [0.25, 0.3) is 11.8 Å². The maximum absolute atomic E-state index is 13.7. The number of carbonyl (C=O) groups is 2. The number of rotatable bonds is 5. The third-order valence-electron chi connectivity index (χ3n) is 4.14. The highest BCUT2D eigenvalue weighted by Crippen LogP contribution is 2.20. The summed E-state index contributed by atoms with van der Waals surface area (Å²) in [5.74, 6) is -5.97. The van der Waals surface area contributed by atoms with Crippen molar-refractivity contribution < 1.29 is 22.8 Å². The van der Waals surface area contributed by atoms with Gasteiger partial charge in [0.2, 0.25) is 0 Å². The summed E-state index contributed by atoms with van der Waals surface area (Å²) in [6.07, 6.45) is 0. The summed E-state index contributed by atoms with van der Waals surface area (Å²) < 4.78 is 40.0. The topological polar surface area (TPSA) is 71.1 Å². The molecular weight excluding hydrogens is 383 g/mol. The summed E-state index contributed by atoms with van der Waals surface area (Å²) in [6, 6.07) is 14.7. The number of benzene rings is 2. The van der Waals surface area contributed by atoms with Crippen molar-refractivity contribution in [2.45, 2.75) is 13.0 Å². The third-order valence-corrected chi connectivity index (χ3v) is 4.14. The molecule has 0 bridgehead atoms. The molecule has 2 amide bonds. The van der Waals surface area contributed by atoms with Gasteiger partial charge in [0.1, 0.15) is 11.4 Å². The number of amides is 2. The molecule has 2 aromatic carbocycles. The lowest BCUT2D eigenvalue weighted by molar-refractivity contribution is 0.0934. The van der Waals surface area contributed by atoms with Crippen LogP contribution in [0.15, 0.2) is 60.7 Å². The van der Waals surface area contributed by atoms with Crippen LogP contribution in [0.4, 0.5) is 18.9 Å². The summed E-state index contributed by atoms with van der Waals surface area (Å²) in [5.41, 5.74) is 0.146. The monoisotopic (exact) mass is 399 g/mol. The molecule has 0 saturated carbocycles. The lowest BCUT2D eigenvalue weighted by Gasteiger charge is -2.14. The third kappa shape index (κ3) is 4.60. The lowest BCUT2D eigenvalue weighted by Crippen LogP contribution is -2.28. The number of aromatic nitrogens is 1. The largest absolute Gasteiger partial charge is 0.344 e. The van der Waals surface area contributed by atoms with E-state index in [9.17, 15) is 22.8 Å². The van der Waals surface area contributed by atoms with Crippen LogP contribution in [0.25, 0.3) is 0 Å². The van der Waals surface area contributed by atoms with Crippen molar-refractivity contribution in [3.63, 3.8) is 0 Å². The van der Waals surface area contributed by atoms with Crippen LogP contribution >= 0.6 is 0 Å². The smallest absolute Gasteiger partial charge is 0.274 e. The molecule has 0 aliphatic carbocycles. The predicted molar refractivity (Wildman–Crippen MR) is 101 cm³/mol. The number of hydrogen-bond acceptors (Lipinski definition) is 3. The van der Waals surface area contributed by atoms with Gasteiger partial charge in [-0.2, -0.15) is 0 Å². The average molecular weight is 399 g/mol. The van der Waals surface area contributed by atoms with Gasteiger partial charge in [-0.05, 0) is 36.8 Å². The van der Waals surface area contributed by atoms with Gasteiger partial charge in [0.15, 0.2) is 17.5 Å². The zero-order valence-electron chi connectivity index (χ0n) is 15.2. The molecule has 2 N–H and O–H groups in total. The van der Waals surface area contributed by atoms with Crippen molar-refractivity contribution in [2.75, 3.05) is 5.32 Å². The molecule has 0 spiro atoms. The summed E-state index contributed by atoms with van der Waals surface area (Å²) in [4.78, 5) is 28.7. The fourth-order valence-corrected chi connectivity index (χ4v) is 2.59. The van der Waals surface area contributed by atoms with Gasteiger partial charge in [0.05, 0.1) is 11.7 Å². The van der Waals surface area contributed by atoms with Crippen LogP contribution in [-0.2, 0) is 0 Å². The van der Waals surface area contributed by atoms with Crippen molar-refractivity contribution in [2.24, 2.45) is 0 Å². The molecule has 5 nitrogen and oxygen atoms in total. The van der Waals surface area contributed by atoms with Crippen LogP contribution in [0.2, 0.25) is 0 Å². The second kappa shape index (κ2) is 8.55. The molecule has 0 saturated heterocycles. The van der Waals surface area contributed by atoms with Crippen molar-refractivity contribution in [3.8, 4) is 0 Å². The van der Waals surface area contributed by atoms with Gasteiger partial charge >= 0.3 is 0 Å². The molecule has 0 fully saturated rings. The van der Waals surface area contributed by atoms with E-state index in [0.29, 0.717) is 6.07 Å². The Labute approximate surface area is 164 Å². The molecule has 8 heteroatoms. The highest BCUT2D eigenvalue weighted by molar-refractivity contribution is 6.04. The minimum absolute atomic E-state index is 0.0220. The van der Waals surface area contributed by atoms with Crippen LogP contribution in [0.5, 0.6) is 0 Å². The number of hydrogen-bond donors (Lipinski definition) is 2. The molecule has 29 heavy (non-hydrogen) atoms. The number of pyridine rings is 1. The Morgan fingerprint density at radius 1 is 0.828 bits per heavy atom. The van der Waals surface area contributed by atoms with E-state index in [1.807, 2.05) is 30.3 Å². The van der Waals surface area contributed by atoms with Gasteiger partial charge < -0.3 is 10.6 Å². The number of nitrogens with zero attached hydrogens (tertiary/aromatic N) is 1. The Morgan fingerprint density at radius 2 is 1.48 bits per heavy atom. The quantitative estimate of drug-likeness (QED) is 0.631. The zero-order valence-corrected chi connectivity index (χ0v) is 15.2. The minimum Gasteiger partial charge on any atom is -0.344 e. The summed E-state index contributed by atoms with van der Waals surface area (Å²) in [7, 11) is 0. The number of halogens is 3. The number of carbonyl (C=O) groups excluding carboxylic acids is 2. The van der Waals surface area contributed by atoms with E-state index in [1.165, 1.54) is 18.2 Å². The van der Waals surface area contributed by atoms with E-state index in [-0.39, 0.29) is 17.4 Å². The molecule has 0 radical (unpaired) electrons. The molecule has 1 heterocycles. The lowest BCUT2D eigenvalue weighted by atomic mass is 10.1. The van der Waals surface area contributed by atoms with E-state index in [0.717, 1.165) is 11.6 Å². The molecule has 3 aromatic rings. The SMILES string of the molecule is CC(NC(=O)c1cccc(C(=O)Nc2ccc(F)c(F)c2F)n1)c1ccccc1. The number of nitrogens with one attached hydrogen (secondary N) is 2. The first-order valence-electron chi connectivity index (χ1n) is 8.64. The summed E-state index contributed by atoms with van der Waals surface area (Å²) in [5, 5.41) is 4.88. The van der Waals surface area contributed by atoms with Gasteiger partial charge in [0, 0.05) is 0 Å². The molecule has 148 valence electrons. The van der Waals surface area contributed by atoms with Crippen LogP contribution in [0.3, 0.4) is 0 Å². The van der Waals surface area contributed by atoms with E-state index >= 15 is 0 Å². The van der Waals surface area contributed by atoms with Gasteiger partial charge in [-0.25, -0.2) is 18.2 Å². The van der Waals surface area contributed by atoms with Gasteiger partial charge in [-0.1, -0.05) is 36.4 Å². The predicted octanol–water partition coefficient (Wildman–Crippen LogP) is 4.24. The molecule has 3 rings (SSSR count). The Kier molecular flexibility index (Phi) is 5.92. The van der Waals surface area contributed by atoms with E-state index < -0.39 is 35.0 Å². The minimum atomic E-state index is -1.70. The van der Waals surface area contributed by atoms with E-state index in [4.69, 9.17) is 0 Å². The maximum Gasteiger partial charge on any atom is 0.274 e. The van der Waals surface area contributed by atoms with Crippen LogP contribution < -0.4 is 10.6 Å². The molecule has 1 aromatic heterocycles. The average Bonchev–Trinajstić information content (AvgIpc) is 2.74. The maximum atomic E-state index is 13.7. The van der Waals surface area contributed by atoms with E-state index in [1.54, 1.807) is 6.92 Å². The van der Waals surface area contributed by atoms with Gasteiger partial charge in [-0.15, -0.1) is 0 Å². The normalized spacial score (nSPS) is 11.6. The first-order chi connectivity index (χ1) is 13.9. The van der Waals surface area contributed by atoms with Crippen molar-refractivity contribution in [3.05, 3.63) is 95.1 Å².